The first-order chi connectivity index (χ1) is 14.1. The minimum Gasteiger partial charge on any atom is -0.329 e. The van der Waals surface area contributed by atoms with E-state index in [2.05, 4.69) is 10.3 Å². The zero-order valence-corrected chi connectivity index (χ0v) is 18.8. The molecule has 0 radical (unpaired) electrons. The number of rotatable bonds is 9. The Balaban J connectivity index is 2.18. The average molecular weight is 454 g/mol. The fourth-order valence-electron chi connectivity index (χ4n) is 2.66. The second-order valence-corrected chi connectivity index (χ2v) is 8.63. The van der Waals surface area contributed by atoms with Gasteiger partial charge in [-0.2, -0.15) is 0 Å². The lowest BCUT2D eigenvalue weighted by Gasteiger charge is -2.23. The fourth-order valence-corrected chi connectivity index (χ4v) is 3.67. The van der Waals surface area contributed by atoms with Gasteiger partial charge in [0.15, 0.2) is 5.13 Å². The predicted octanol–water partition coefficient (Wildman–Crippen LogP) is 3.35. The number of nitro benzene ring substituents is 1. The number of nitro groups is 1. The van der Waals surface area contributed by atoms with Crippen LogP contribution in [-0.4, -0.2) is 65.3 Å². The lowest BCUT2D eigenvalue weighted by Crippen LogP contribution is -2.39. The highest BCUT2D eigenvalue weighted by Crippen LogP contribution is 2.26. The molecule has 30 heavy (non-hydrogen) atoms. The Morgan fingerprint density at radius 2 is 1.97 bits per heavy atom. The number of anilines is 1. The van der Waals surface area contributed by atoms with Crippen molar-refractivity contribution in [2.75, 3.05) is 39.0 Å². The van der Waals surface area contributed by atoms with Gasteiger partial charge in [0.25, 0.3) is 11.6 Å². The number of amides is 2. The molecule has 0 atom stereocenters. The van der Waals surface area contributed by atoms with Gasteiger partial charge in [0, 0.05) is 23.1 Å². The summed E-state index contributed by atoms with van der Waals surface area (Å²) < 4.78 is 0. The smallest absolute Gasteiger partial charge is 0.288 e. The summed E-state index contributed by atoms with van der Waals surface area (Å²) in [6.07, 6.45) is 0.636. The number of hydrogen-bond donors (Lipinski definition) is 1. The molecule has 0 spiro atoms. The van der Waals surface area contributed by atoms with Crippen molar-refractivity contribution in [1.82, 2.24) is 14.8 Å². The Morgan fingerprint density at radius 1 is 1.27 bits per heavy atom. The third-order valence-corrected chi connectivity index (χ3v) is 5.63. The molecule has 1 aromatic heterocycles. The maximum absolute atomic E-state index is 13.0. The van der Waals surface area contributed by atoms with E-state index in [4.69, 9.17) is 11.6 Å². The number of hydrogen-bond acceptors (Lipinski definition) is 7. The summed E-state index contributed by atoms with van der Waals surface area (Å²) in [5, 5.41) is 14.3. The van der Waals surface area contributed by atoms with Crippen molar-refractivity contribution in [3.05, 3.63) is 49.5 Å². The summed E-state index contributed by atoms with van der Waals surface area (Å²) in [5.41, 5.74) is 0.585. The molecule has 1 aromatic carbocycles. The lowest BCUT2D eigenvalue weighted by molar-refractivity contribution is -0.384. The number of thiazole rings is 1. The molecule has 0 unspecified atom stereocenters. The van der Waals surface area contributed by atoms with Crippen LogP contribution in [-0.2, 0) is 4.79 Å². The van der Waals surface area contributed by atoms with Gasteiger partial charge in [-0.15, -0.1) is 11.3 Å². The highest BCUT2D eigenvalue weighted by Gasteiger charge is 2.23. The van der Waals surface area contributed by atoms with E-state index >= 15 is 0 Å². The van der Waals surface area contributed by atoms with Gasteiger partial charge in [-0.25, -0.2) is 4.98 Å². The number of nitrogens with zero attached hydrogens (tertiary/aromatic N) is 4. The number of carbonyl (C=O) groups is 2. The average Bonchev–Trinajstić information content (AvgIpc) is 2.97. The maximum atomic E-state index is 13.0. The molecule has 1 N–H and O–H groups in total. The van der Waals surface area contributed by atoms with Gasteiger partial charge in [0.1, 0.15) is 11.6 Å². The van der Waals surface area contributed by atoms with Crippen molar-refractivity contribution in [2.24, 2.45) is 0 Å². The van der Waals surface area contributed by atoms with E-state index in [1.54, 1.807) is 0 Å². The minimum atomic E-state index is -0.644. The largest absolute Gasteiger partial charge is 0.329 e. The third-order valence-electron chi connectivity index (χ3n) is 4.32. The van der Waals surface area contributed by atoms with Gasteiger partial charge >= 0.3 is 0 Å². The molecule has 0 aliphatic carbocycles. The number of halogens is 1. The van der Waals surface area contributed by atoms with Crippen LogP contribution in [0.25, 0.3) is 0 Å². The first kappa shape index (κ1) is 23.7. The Hall–Kier alpha value is -2.56. The van der Waals surface area contributed by atoms with Gasteiger partial charge in [0.05, 0.1) is 10.6 Å². The third kappa shape index (κ3) is 6.48. The van der Waals surface area contributed by atoms with E-state index in [1.165, 1.54) is 28.4 Å². The zero-order chi connectivity index (χ0) is 22.4. The van der Waals surface area contributed by atoms with Crippen molar-refractivity contribution in [3.63, 3.8) is 0 Å². The van der Waals surface area contributed by atoms with Crippen LogP contribution in [0.1, 0.15) is 27.3 Å². The number of nitrogens with one attached hydrogen (secondary N) is 1. The molecule has 1 heterocycles. The fraction of sp³-hybridized carbons (Fsp3) is 0.421. The van der Waals surface area contributed by atoms with Crippen LogP contribution in [0.4, 0.5) is 10.8 Å². The topological polar surface area (TPSA) is 109 Å². The summed E-state index contributed by atoms with van der Waals surface area (Å²) in [5.74, 6) is -0.861. The SMILES string of the molecule is Cc1nc(NC(=O)CN(CCCN(C)C)C(=O)c2ccc(Cl)c([N+](=O)[O-])c2)sc1C. The van der Waals surface area contributed by atoms with E-state index in [1.807, 2.05) is 32.8 Å². The molecule has 2 rings (SSSR count). The van der Waals surface area contributed by atoms with E-state index in [-0.39, 0.29) is 28.7 Å². The van der Waals surface area contributed by atoms with Gasteiger partial charge < -0.3 is 15.1 Å². The van der Waals surface area contributed by atoms with Crippen molar-refractivity contribution >= 4 is 45.6 Å². The number of aryl methyl sites for hydroxylation is 2. The molecule has 2 aromatic rings. The highest BCUT2D eigenvalue weighted by atomic mass is 35.5. The molecule has 2 amide bonds. The second kappa shape index (κ2) is 10.5. The summed E-state index contributed by atoms with van der Waals surface area (Å²) in [6.45, 7) is 4.60. The number of aromatic nitrogens is 1. The molecule has 0 bridgehead atoms. The predicted molar refractivity (Wildman–Crippen MR) is 117 cm³/mol. The lowest BCUT2D eigenvalue weighted by atomic mass is 10.1. The molecule has 0 saturated carbocycles. The molecular formula is C19H24ClN5O4S. The molecule has 162 valence electrons. The first-order valence-corrected chi connectivity index (χ1v) is 10.4. The van der Waals surface area contributed by atoms with Crippen molar-refractivity contribution in [2.45, 2.75) is 20.3 Å². The summed E-state index contributed by atoms with van der Waals surface area (Å²) in [6, 6.07) is 3.86. The van der Waals surface area contributed by atoms with Gasteiger partial charge in [-0.1, -0.05) is 11.6 Å². The highest BCUT2D eigenvalue weighted by molar-refractivity contribution is 7.15. The van der Waals surface area contributed by atoms with Crippen LogP contribution in [0.2, 0.25) is 5.02 Å². The summed E-state index contributed by atoms with van der Waals surface area (Å²) in [7, 11) is 3.82. The molecule has 0 saturated heterocycles. The minimum absolute atomic E-state index is 0.0528. The standard InChI is InChI=1S/C19H24ClN5O4S/c1-12-13(2)30-19(21-12)22-17(26)11-24(9-5-8-23(3)4)18(27)14-6-7-15(20)16(10-14)25(28)29/h6-7,10H,5,8-9,11H2,1-4H3,(H,21,22,26). The molecule has 9 nitrogen and oxygen atoms in total. The number of carbonyl (C=O) groups excluding carboxylic acids is 2. The van der Waals surface area contributed by atoms with Crippen molar-refractivity contribution in [1.29, 1.82) is 0 Å². The molecule has 11 heteroatoms. The van der Waals surface area contributed by atoms with E-state index in [0.29, 0.717) is 18.1 Å². The van der Waals surface area contributed by atoms with Crippen molar-refractivity contribution < 1.29 is 14.5 Å². The number of benzene rings is 1. The first-order valence-electron chi connectivity index (χ1n) is 9.20. The van der Waals surface area contributed by atoms with Gasteiger partial charge in [0.2, 0.25) is 5.91 Å². The molecule has 0 aliphatic rings. The molecule has 0 aliphatic heterocycles. The van der Waals surface area contributed by atoms with Crippen LogP contribution < -0.4 is 5.32 Å². The zero-order valence-electron chi connectivity index (χ0n) is 17.3. The quantitative estimate of drug-likeness (QED) is 0.460. The van der Waals surface area contributed by atoms with Gasteiger partial charge in [-0.05, 0) is 53.0 Å². The Kier molecular flexibility index (Phi) is 8.27. The Bertz CT molecular complexity index is 928. The van der Waals surface area contributed by atoms with E-state index in [9.17, 15) is 19.7 Å². The second-order valence-electron chi connectivity index (χ2n) is 7.02. The molecular weight excluding hydrogens is 430 g/mol. The van der Waals surface area contributed by atoms with Crippen LogP contribution in [0.15, 0.2) is 18.2 Å². The van der Waals surface area contributed by atoms with Crippen LogP contribution in [0.5, 0.6) is 0 Å². The van der Waals surface area contributed by atoms with Gasteiger partial charge in [-0.3, -0.25) is 19.7 Å². The van der Waals surface area contributed by atoms with Crippen LogP contribution in [0.3, 0.4) is 0 Å². The monoisotopic (exact) mass is 453 g/mol. The molecule has 0 fully saturated rings. The normalized spacial score (nSPS) is 10.9. The van der Waals surface area contributed by atoms with E-state index in [0.717, 1.165) is 23.2 Å². The Morgan fingerprint density at radius 3 is 2.53 bits per heavy atom. The Labute approximate surface area is 183 Å². The van der Waals surface area contributed by atoms with Crippen LogP contribution in [0, 0.1) is 24.0 Å². The van der Waals surface area contributed by atoms with Crippen LogP contribution >= 0.6 is 22.9 Å². The maximum Gasteiger partial charge on any atom is 0.288 e. The summed E-state index contributed by atoms with van der Waals surface area (Å²) >= 11 is 7.20. The van der Waals surface area contributed by atoms with E-state index < -0.39 is 10.8 Å². The van der Waals surface area contributed by atoms with Crippen molar-refractivity contribution in [3.8, 4) is 0 Å². The summed E-state index contributed by atoms with van der Waals surface area (Å²) in [4.78, 5) is 44.6.